The van der Waals surface area contributed by atoms with Gasteiger partial charge < -0.3 is 10.2 Å². The maximum absolute atomic E-state index is 12.1. The van der Waals surface area contributed by atoms with Gasteiger partial charge in [0.05, 0.1) is 6.04 Å². The van der Waals surface area contributed by atoms with Crippen LogP contribution < -0.4 is 5.32 Å². The Kier molecular flexibility index (Phi) is 5.16. The highest BCUT2D eigenvalue weighted by atomic mass is 32.1. The Balaban J connectivity index is 1.88. The molecule has 1 amide bonds. The average molecular weight is 278 g/mol. The van der Waals surface area contributed by atoms with Gasteiger partial charge in [0.1, 0.15) is 0 Å². The van der Waals surface area contributed by atoms with Gasteiger partial charge in [-0.05, 0) is 44.8 Å². The largest absolute Gasteiger partial charge is 0.354 e. The second-order valence-corrected chi connectivity index (χ2v) is 6.20. The molecule has 0 spiro atoms. The summed E-state index contributed by atoms with van der Waals surface area (Å²) in [6.45, 7) is 0.687. The van der Waals surface area contributed by atoms with Crippen LogP contribution in [0.1, 0.15) is 30.2 Å². The molecule has 104 valence electrons. The summed E-state index contributed by atoms with van der Waals surface area (Å²) in [6.07, 6.45) is 7.18. The number of hydrogen-bond acceptors (Lipinski definition) is 3. The van der Waals surface area contributed by atoms with Crippen molar-refractivity contribution >= 4 is 17.2 Å². The molecule has 0 saturated heterocycles. The van der Waals surface area contributed by atoms with Crippen molar-refractivity contribution in [3.05, 3.63) is 34.5 Å². The Bertz CT molecular complexity index is 425. The molecule has 4 heteroatoms. The van der Waals surface area contributed by atoms with Crippen LogP contribution >= 0.6 is 11.3 Å². The number of likely N-dealkylation sites (N-methyl/N-ethyl adjacent to an activating group) is 1. The third-order valence-corrected chi connectivity index (χ3v) is 4.58. The fourth-order valence-corrected chi connectivity index (χ4v) is 3.31. The molecule has 1 aliphatic carbocycles. The van der Waals surface area contributed by atoms with Crippen LogP contribution in [0.5, 0.6) is 0 Å². The van der Waals surface area contributed by atoms with Crippen LogP contribution in [0.3, 0.4) is 0 Å². The monoisotopic (exact) mass is 278 g/mol. The predicted octanol–water partition coefficient (Wildman–Crippen LogP) is 2.82. The Labute approximate surface area is 119 Å². The van der Waals surface area contributed by atoms with Gasteiger partial charge in [0.25, 0.3) is 0 Å². The first-order valence-electron chi connectivity index (χ1n) is 6.81. The minimum Gasteiger partial charge on any atom is -0.354 e. The third kappa shape index (κ3) is 3.91. The van der Waals surface area contributed by atoms with E-state index in [1.54, 1.807) is 11.3 Å². The molecule has 1 aromatic rings. The molecular weight excluding hydrogens is 256 g/mol. The van der Waals surface area contributed by atoms with Crippen LogP contribution in [-0.4, -0.2) is 31.4 Å². The maximum Gasteiger partial charge on any atom is 0.223 e. The lowest BCUT2D eigenvalue weighted by Crippen LogP contribution is -2.37. The van der Waals surface area contributed by atoms with E-state index in [4.69, 9.17) is 0 Å². The van der Waals surface area contributed by atoms with Crippen molar-refractivity contribution in [2.24, 2.45) is 5.92 Å². The van der Waals surface area contributed by atoms with Crippen molar-refractivity contribution < 1.29 is 4.79 Å². The number of carbonyl (C=O) groups excluding carboxylic acids is 1. The van der Waals surface area contributed by atoms with Gasteiger partial charge in [-0.25, -0.2) is 0 Å². The molecule has 1 heterocycles. The van der Waals surface area contributed by atoms with E-state index in [2.05, 4.69) is 54.0 Å². The molecule has 0 bridgehead atoms. The number of nitrogens with zero attached hydrogens (tertiary/aromatic N) is 1. The highest BCUT2D eigenvalue weighted by molar-refractivity contribution is 7.10. The predicted molar refractivity (Wildman–Crippen MR) is 80.2 cm³/mol. The number of rotatable bonds is 5. The molecule has 0 radical (unpaired) electrons. The highest BCUT2D eigenvalue weighted by Crippen LogP contribution is 2.23. The molecule has 1 aromatic heterocycles. The summed E-state index contributed by atoms with van der Waals surface area (Å²) < 4.78 is 0. The number of allylic oxidation sites excluding steroid dienone is 2. The first-order valence-corrected chi connectivity index (χ1v) is 7.69. The van der Waals surface area contributed by atoms with Gasteiger partial charge in [0.15, 0.2) is 0 Å². The number of nitrogens with one attached hydrogen (secondary N) is 1. The summed E-state index contributed by atoms with van der Waals surface area (Å²) in [6, 6.07) is 4.46. The van der Waals surface area contributed by atoms with Crippen molar-refractivity contribution in [3.8, 4) is 0 Å². The summed E-state index contributed by atoms with van der Waals surface area (Å²) in [5, 5.41) is 5.20. The molecule has 0 aliphatic heterocycles. The summed E-state index contributed by atoms with van der Waals surface area (Å²) in [4.78, 5) is 15.6. The van der Waals surface area contributed by atoms with Crippen LogP contribution in [0.4, 0.5) is 0 Å². The molecule has 1 N–H and O–H groups in total. The molecular formula is C15H22N2OS. The number of carbonyl (C=O) groups is 1. The lowest BCUT2D eigenvalue weighted by atomic mass is 9.93. The van der Waals surface area contributed by atoms with Crippen LogP contribution in [-0.2, 0) is 4.79 Å². The highest BCUT2D eigenvalue weighted by Gasteiger charge is 2.21. The van der Waals surface area contributed by atoms with E-state index in [0.717, 1.165) is 19.3 Å². The third-order valence-electron chi connectivity index (χ3n) is 3.60. The second kappa shape index (κ2) is 6.87. The smallest absolute Gasteiger partial charge is 0.223 e. The molecule has 19 heavy (non-hydrogen) atoms. The SMILES string of the molecule is CN(C)C(CNC(=O)C1CC=CCC1)c1cccs1. The van der Waals surface area contributed by atoms with E-state index >= 15 is 0 Å². The minimum absolute atomic E-state index is 0.163. The zero-order valence-electron chi connectivity index (χ0n) is 11.6. The van der Waals surface area contributed by atoms with Gasteiger partial charge in [0, 0.05) is 17.3 Å². The van der Waals surface area contributed by atoms with Crippen LogP contribution in [0.25, 0.3) is 0 Å². The van der Waals surface area contributed by atoms with Crippen LogP contribution in [0.15, 0.2) is 29.7 Å². The lowest BCUT2D eigenvalue weighted by Gasteiger charge is -2.25. The Hall–Kier alpha value is -1.13. The van der Waals surface area contributed by atoms with Crippen molar-refractivity contribution in [1.29, 1.82) is 0 Å². The topological polar surface area (TPSA) is 32.3 Å². The summed E-state index contributed by atoms with van der Waals surface area (Å²) in [7, 11) is 4.11. The normalized spacial score (nSPS) is 20.5. The maximum atomic E-state index is 12.1. The zero-order chi connectivity index (χ0) is 13.7. The quantitative estimate of drug-likeness (QED) is 0.840. The summed E-state index contributed by atoms with van der Waals surface area (Å²) >= 11 is 1.74. The van der Waals surface area contributed by atoms with E-state index in [1.165, 1.54) is 4.88 Å². The second-order valence-electron chi connectivity index (χ2n) is 5.22. The van der Waals surface area contributed by atoms with Crippen molar-refractivity contribution in [3.63, 3.8) is 0 Å². The zero-order valence-corrected chi connectivity index (χ0v) is 12.5. The molecule has 0 aromatic carbocycles. The lowest BCUT2D eigenvalue weighted by molar-refractivity contribution is -0.125. The fourth-order valence-electron chi connectivity index (χ4n) is 2.39. The van der Waals surface area contributed by atoms with Crippen LogP contribution in [0, 0.1) is 5.92 Å². The van der Waals surface area contributed by atoms with E-state index in [-0.39, 0.29) is 17.9 Å². The Morgan fingerprint density at radius 1 is 1.53 bits per heavy atom. The van der Waals surface area contributed by atoms with Gasteiger partial charge in [-0.1, -0.05) is 18.2 Å². The number of amides is 1. The van der Waals surface area contributed by atoms with E-state index in [9.17, 15) is 4.79 Å². The molecule has 0 saturated carbocycles. The van der Waals surface area contributed by atoms with Crippen molar-refractivity contribution in [2.45, 2.75) is 25.3 Å². The van der Waals surface area contributed by atoms with Crippen molar-refractivity contribution in [2.75, 3.05) is 20.6 Å². The van der Waals surface area contributed by atoms with E-state index < -0.39 is 0 Å². The van der Waals surface area contributed by atoms with Crippen molar-refractivity contribution in [1.82, 2.24) is 10.2 Å². The standard InChI is InChI=1S/C15H22N2OS/c1-17(2)13(14-9-6-10-19-14)11-16-15(18)12-7-4-3-5-8-12/h3-4,6,9-10,12-13H,5,7-8,11H2,1-2H3,(H,16,18). The first-order chi connectivity index (χ1) is 9.18. The van der Waals surface area contributed by atoms with Gasteiger partial charge in [0.2, 0.25) is 5.91 Å². The Morgan fingerprint density at radius 2 is 2.37 bits per heavy atom. The molecule has 3 nitrogen and oxygen atoms in total. The van der Waals surface area contributed by atoms with Gasteiger partial charge in [-0.3, -0.25) is 4.79 Å². The number of hydrogen-bond donors (Lipinski definition) is 1. The molecule has 2 atom stereocenters. The first kappa shape index (κ1) is 14.3. The minimum atomic E-state index is 0.163. The van der Waals surface area contributed by atoms with Crippen LogP contribution in [0.2, 0.25) is 0 Å². The van der Waals surface area contributed by atoms with E-state index in [0.29, 0.717) is 6.54 Å². The average Bonchev–Trinajstić information content (AvgIpc) is 2.93. The van der Waals surface area contributed by atoms with E-state index in [1.807, 2.05) is 0 Å². The molecule has 2 rings (SSSR count). The van der Waals surface area contributed by atoms with Gasteiger partial charge in [-0.2, -0.15) is 0 Å². The number of thiophene rings is 1. The fraction of sp³-hybridized carbons (Fsp3) is 0.533. The summed E-state index contributed by atoms with van der Waals surface area (Å²) in [5.41, 5.74) is 0. The molecule has 0 fully saturated rings. The van der Waals surface area contributed by atoms with Gasteiger partial charge in [-0.15, -0.1) is 11.3 Å². The molecule has 1 aliphatic rings. The molecule has 2 unspecified atom stereocenters. The Morgan fingerprint density at radius 3 is 2.95 bits per heavy atom. The summed E-state index contributed by atoms with van der Waals surface area (Å²) in [5.74, 6) is 0.365. The van der Waals surface area contributed by atoms with Gasteiger partial charge >= 0.3 is 0 Å².